The summed E-state index contributed by atoms with van der Waals surface area (Å²) in [4.78, 5) is 3.95. The summed E-state index contributed by atoms with van der Waals surface area (Å²) in [6.07, 6.45) is 8.18. The Kier molecular flexibility index (Phi) is 11.4. The summed E-state index contributed by atoms with van der Waals surface area (Å²) < 4.78 is 27.2. The van der Waals surface area contributed by atoms with E-state index < -0.39 is 11.6 Å². The molecule has 7 heteroatoms. The average molecular weight is 647 g/mol. The Labute approximate surface area is 221 Å². The Morgan fingerprint density at radius 3 is 2.28 bits per heavy atom. The third kappa shape index (κ3) is 8.76. The molecule has 0 amide bonds. The molecule has 0 saturated heterocycles. The fourth-order valence-electron chi connectivity index (χ4n) is 2.42. The maximum absolute atomic E-state index is 13.2. The second-order valence-electron chi connectivity index (χ2n) is 6.21. The van der Waals surface area contributed by atoms with Crippen molar-refractivity contribution < 1.29 is 28.9 Å². The van der Waals surface area contributed by atoms with E-state index in [2.05, 4.69) is 80.8 Å². The fourth-order valence-corrected chi connectivity index (χ4v) is 2.42. The van der Waals surface area contributed by atoms with Gasteiger partial charge in [-0.25, -0.2) is 0 Å². The van der Waals surface area contributed by atoms with Gasteiger partial charge in [-0.15, -0.1) is 54.5 Å². The molecule has 0 N–H and O–H groups in total. The largest absolute Gasteiger partial charge is 0.305 e. The number of terminal acetylenes is 1. The molecule has 173 valence electrons. The van der Waals surface area contributed by atoms with E-state index in [9.17, 15) is 8.78 Å². The molecule has 4 nitrogen and oxygen atoms in total. The van der Waals surface area contributed by atoms with Crippen LogP contribution in [0.15, 0.2) is 67.0 Å². The zero-order chi connectivity index (χ0) is 24.7. The van der Waals surface area contributed by atoms with Crippen molar-refractivity contribution in [2.45, 2.75) is 0 Å². The normalized spacial score (nSPS) is 8.25. The Hall–Kier alpha value is -4.96. The maximum atomic E-state index is 13.2. The van der Waals surface area contributed by atoms with Gasteiger partial charge < -0.3 is 4.98 Å². The average Bonchev–Trinajstić information content (AvgIpc) is 3.36. The number of hydrogen-bond donors (Lipinski definition) is 0. The zero-order valence-electron chi connectivity index (χ0n) is 18.3. The van der Waals surface area contributed by atoms with Gasteiger partial charge in [0.15, 0.2) is 0 Å². The van der Waals surface area contributed by atoms with Crippen LogP contribution in [0.1, 0.15) is 0 Å². The third-order valence-electron chi connectivity index (χ3n) is 3.87. The van der Waals surface area contributed by atoms with E-state index in [-0.39, 0.29) is 25.7 Å². The van der Waals surface area contributed by atoms with E-state index in [1.54, 1.807) is 30.6 Å². The van der Waals surface area contributed by atoms with Crippen LogP contribution in [-0.2, 0) is 20.1 Å². The Morgan fingerprint density at radius 2 is 1.61 bits per heavy atom. The topological polar surface area (TPSA) is 43.6 Å². The molecule has 4 aromatic rings. The van der Waals surface area contributed by atoms with E-state index in [0.29, 0.717) is 11.4 Å². The molecule has 0 aliphatic carbocycles. The molecule has 4 rings (SSSR count). The predicted octanol–water partition coefficient (Wildman–Crippen LogP) is 4.02. The summed E-state index contributed by atoms with van der Waals surface area (Å²) >= 11 is 0. The summed E-state index contributed by atoms with van der Waals surface area (Å²) in [5.74, 6) is 18.3. The predicted molar refractivity (Wildman–Crippen MR) is 128 cm³/mol. The van der Waals surface area contributed by atoms with Crippen LogP contribution in [0.5, 0.6) is 0 Å². The number of aromatic nitrogens is 4. The summed E-state index contributed by atoms with van der Waals surface area (Å²) in [5.41, 5.74) is 2.19. The van der Waals surface area contributed by atoms with E-state index in [4.69, 9.17) is 6.42 Å². The van der Waals surface area contributed by atoms with Crippen molar-refractivity contribution >= 4 is 0 Å². The van der Waals surface area contributed by atoms with Gasteiger partial charge in [-0.1, -0.05) is 29.0 Å². The van der Waals surface area contributed by atoms with Crippen LogP contribution in [0.2, 0.25) is 0 Å². The molecule has 0 aliphatic heterocycles. The molecular weight excluding hydrogens is 635 g/mol. The molecule has 36 heavy (non-hydrogen) atoms. The first-order chi connectivity index (χ1) is 17.2. The minimum absolute atomic E-state index is 0. The molecule has 2 aromatic heterocycles. The summed E-state index contributed by atoms with van der Waals surface area (Å²) in [7, 11) is 0. The third-order valence-corrected chi connectivity index (χ3v) is 3.87. The molecule has 2 aromatic carbocycles. The summed E-state index contributed by atoms with van der Waals surface area (Å²) in [6, 6.07) is 22.8. The van der Waals surface area contributed by atoms with Crippen LogP contribution < -0.4 is 0 Å². The SMILES string of the molecule is C#CC#CC#CC#CC#Cn1cc(-c2[c-]cccc2)nn1.Fc1c[c-]c(-c2ccccn2)c(F)c1.[Ir]. The summed E-state index contributed by atoms with van der Waals surface area (Å²) in [6.45, 7) is 0. The minimum atomic E-state index is -0.649. The number of hydrogen-bond acceptors (Lipinski definition) is 3. The van der Waals surface area contributed by atoms with Crippen molar-refractivity contribution in [1.82, 2.24) is 20.0 Å². The van der Waals surface area contributed by atoms with E-state index in [0.717, 1.165) is 17.7 Å². The van der Waals surface area contributed by atoms with Crippen molar-refractivity contribution in [1.29, 1.82) is 0 Å². The number of nitrogens with zero attached hydrogens (tertiary/aromatic N) is 4. The molecule has 0 unspecified atom stereocenters. The van der Waals surface area contributed by atoms with Crippen molar-refractivity contribution in [3.05, 3.63) is 90.8 Å². The van der Waals surface area contributed by atoms with E-state index >= 15 is 0 Å². The molecule has 0 bridgehead atoms. The van der Waals surface area contributed by atoms with Gasteiger partial charge in [0.05, 0.1) is 0 Å². The van der Waals surface area contributed by atoms with Crippen LogP contribution in [0.4, 0.5) is 8.78 Å². The Bertz CT molecular complexity index is 1590. The summed E-state index contributed by atoms with van der Waals surface area (Å²) in [5, 5.41) is 7.88. The number of pyridine rings is 1. The Morgan fingerprint density at radius 1 is 0.861 bits per heavy atom. The zero-order valence-corrected chi connectivity index (χ0v) is 20.7. The molecule has 0 saturated carbocycles. The van der Waals surface area contributed by atoms with Gasteiger partial charge in [-0.2, -0.15) is 9.78 Å². The van der Waals surface area contributed by atoms with Crippen LogP contribution in [-0.4, -0.2) is 20.0 Å². The van der Waals surface area contributed by atoms with Gasteiger partial charge in [0.2, 0.25) is 0 Å². The van der Waals surface area contributed by atoms with Crippen molar-refractivity contribution in [2.24, 2.45) is 0 Å². The molecular formula is C29H12F2IrN4-2. The van der Waals surface area contributed by atoms with Gasteiger partial charge in [0, 0.05) is 79.6 Å². The number of rotatable bonds is 2. The molecule has 2 heterocycles. The van der Waals surface area contributed by atoms with Gasteiger partial charge >= 0.3 is 0 Å². The van der Waals surface area contributed by atoms with Crippen molar-refractivity contribution in [3.8, 4) is 82.3 Å². The van der Waals surface area contributed by atoms with Gasteiger partial charge in [-0.3, -0.25) is 8.78 Å². The molecule has 0 atom stereocenters. The first-order valence-corrected chi connectivity index (χ1v) is 9.81. The first kappa shape index (κ1) is 27.3. The van der Waals surface area contributed by atoms with Crippen LogP contribution in [0, 0.1) is 83.6 Å². The van der Waals surface area contributed by atoms with Crippen molar-refractivity contribution in [2.75, 3.05) is 0 Å². The quantitative estimate of drug-likeness (QED) is 0.244. The van der Waals surface area contributed by atoms with Crippen molar-refractivity contribution in [3.63, 3.8) is 0 Å². The van der Waals surface area contributed by atoms with Crippen LogP contribution in [0.3, 0.4) is 0 Å². The molecule has 1 radical (unpaired) electrons. The standard InChI is InChI=1S/C18H6N3.C11H6F2N.Ir/c1-2-3-4-5-6-7-8-12-15-21-16-18(19-20-21)17-13-10-9-11-14-17;12-8-4-5-9(10(13)7-8)11-3-1-2-6-14-11;/h1,9-11,13,16H;1-4,6-7H;/q2*-1;. The minimum Gasteiger partial charge on any atom is -0.305 e. The number of halogens is 2. The molecule has 0 spiro atoms. The van der Waals surface area contributed by atoms with Crippen LogP contribution in [0.25, 0.3) is 22.5 Å². The van der Waals surface area contributed by atoms with Gasteiger partial charge in [0.25, 0.3) is 0 Å². The van der Waals surface area contributed by atoms with Crippen LogP contribution >= 0.6 is 0 Å². The maximum Gasteiger partial charge on any atom is 0.0496 e. The first-order valence-electron chi connectivity index (χ1n) is 9.81. The molecule has 0 fully saturated rings. The van der Waals surface area contributed by atoms with E-state index in [1.165, 1.54) is 4.68 Å². The smallest absolute Gasteiger partial charge is 0.0496 e. The Balaban J connectivity index is 0.000000265. The number of benzene rings is 2. The molecule has 0 aliphatic rings. The van der Waals surface area contributed by atoms with Gasteiger partial charge in [0.1, 0.15) is 0 Å². The second kappa shape index (κ2) is 15.0. The van der Waals surface area contributed by atoms with E-state index in [1.807, 2.05) is 24.3 Å². The second-order valence-corrected chi connectivity index (χ2v) is 6.21. The monoisotopic (exact) mass is 647 g/mol. The van der Waals surface area contributed by atoms with Gasteiger partial charge in [-0.05, 0) is 35.4 Å². The fraction of sp³-hybridized carbons (Fsp3) is 0.